The summed E-state index contributed by atoms with van der Waals surface area (Å²) in [6, 6.07) is 3.11. The van der Waals surface area contributed by atoms with Crippen molar-refractivity contribution in [1.29, 1.82) is 0 Å². The van der Waals surface area contributed by atoms with Crippen LogP contribution in [0.2, 0.25) is 0 Å². The van der Waals surface area contributed by atoms with Crippen molar-refractivity contribution in [2.75, 3.05) is 26.3 Å². The Bertz CT molecular complexity index is 534. The van der Waals surface area contributed by atoms with Crippen LogP contribution in [0.5, 0.6) is 0 Å². The fourth-order valence-electron chi connectivity index (χ4n) is 1.47. The minimum Gasteiger partial charge on any atom is -0.389 e. The number of thiophene rings is 1. The second-order valence-electron chi connectivity index (χ2n) is 3.68. The Morgan fingerprint density at radius 2 is 2.11 bits per heavy atom. The molecule has 0 saturated carbocycles. The molecule has 3 N–H and O–H groups in total. The molecule has 100 valence electrons. The summed E-state index contributed by atoms with van der Waals surface area (Å²) in [5, 5.41) is 1.62. The zero-order chi connectivity index (χ0) is 13.2. The summed E-state index contributed by atoms with van der Waals surface area (Å²) >= 11 is 5.87. The number of morpholine rings is 1. The molecule has 18 heavy (non-hydrogen) atoms. The molecule has 0 bridgehead atoms. The molecule has 0 spiro atoms. The molecular formula is C9H13N3O3S3. The second-order valence-corrected chi connectivity index (χ2v) is 7.09. The van der Waals surface area contributed by atoms with E-state index in [1.165, 1.54) is 6.07 Å². The topological polar surface area (TPSA) is 84.7 Å². The van der Waals surface area contributed by atoms with E-state index in [-0.39, 0.29) is 9.20 Å². The van der Waals surface area contributed by atoms with Crippen molar-refractivity contribution in [2.24, 2.45) is 5.73 Å². The van der Waals surface area contributed by atoms with Crippen molar-refractivity contribution in [3.05, 3.63) is 17.0 Å². The zero-order valence-corrected chi connectivity index (χ0v) is 11.9. The molecule has 2 rings (SSSR count). The first-order valence-corrected chi connectivity index (χ1v) is 7.94. The number of hydrazine groups is 1. The fraction of sp³-hybridized carbons (Fsp3) is 0.444. The molecule has 0 aromatic carbocycles. The highest BCUT2D eigenvalue weighted by atomic mass is 32.2. The molecule has 0 unspecified atom stereocenters. The van der Waals surface area contributed by atoms with Crippen molar-refractivity contribution in [3.63, 3.8) is 0 Å². The van der Waals surface area contributed by atoms with Crippen molar-refractivity contribution in [2.45, 2.75) is 4.21 Å². The lowest BCUT2D eigenvalue weighted by Gasteiger charge is -2.26. The molecule has 0 atom stereocenters. The minimum atomic E-state index is -3.55. The van der Waals surface area contributed by atoms with Crippen molar-refractivity contribution < 1.29 is 13.2 Å². The third kappa shape index (κ3) is 3.25. The molecule has 9 heteroatoms. The van der Waals surface area contributed by atoms with Crippen LogP contribution >= 0.6 is 23.6 Å². The lowest BCUT2D eigenvalue weighted by atomic mass is 10.5. The van der Waals surface area contributed by atoms with Gasteiger partial charge in [0, 0.05) is 13.1 Å². The predicted octanol–water partition coefficient (Wildman–Crippen LogP) is -0.0922. The van der Waals surface area contributed by atoms with E-state index in [2.05, 4.69) is 4.83 Å². The highest BCUT2D eigenvalue weighted by Gasteiger charge is 2.22. The van der Waals surface area contributed by atoms with Crippen LogP contribution in [0.1, 0.15) is 4.88 Å². The summed E-state index contributed by atoms with van der Waals surface area (Å²) in [5.74, 6) is 0. The summed E-state index contributed by atoms with van der Waals surface area (Å²) in [6.45, 7) is 2.11. The van der Waals surface area contributed by atoms with Gasteiger partial charge in [0.2, 0.25) is 0 Å². The van der Waals surface area contributed by atoms with Crippen LogP contribution in [0, 0.1) is 0 Å². The van der Waals surface area contributed by atoms with Crippen molar-refractivity contribution in [3.8, 4) is 0 Å². The van der Waals surface area contributed by atoms with Gasteiger partial charge in [-0.2, -0.15) is 0 Å². The maximum Gasteiger partial charge on any atom is 0.262 e. The standard InChI is InChI=1S/C9H13N3O3S3/c10-9(16)7-1-2-8(17-7)18(13,14)11-12-3-5-15-6-4-12/h1-2,11H,3-6H2,(H2,10,16). The van der Waals surface area contributed by atoms with Crippen LogP contribution in [-0.2, 0) is 14.8 Å². The van der Waals surface area contributed by atoms with E-state index in [0.717, 1.165) is 11.3 Å². The third-order valence-electron chi connectivity index (χ3n) is 2.35. The van der Waals surface area contributed by atoms with E-state index in [9.17, 15) is 8.42 Å². The number of thiocarbonyl (C=S) groups is 1. The monoisotopic (exact) mass is 307 g/mol. The van der Waals surface area contributed by atoms with Gasteiger partial charge in [-0.05, 0) is 12.1 Å². The Kier molecular flexibility index (Phi) is 4.30. The lowest BCUT2D eigenvalue weighted by molar-refractivity contribution is 0.0272. The summed E-state index contributed by atoms with van der Waals surface area (Å²) < 4.78 is 29.5. The van der Waals surface area contributed by atoms with E-state index < -0.39 is 10.0 Å². The van der Waals surface area contributed by atoms with Crippen LogP contribution < -0.4 is 10.6 Å². The van der Waals surface area contributed by atoms with Crippen LogP contribution in [0.15, 0.2) is 16.3 Å². The average Bonchev–Trinajstić information content (AvgIpc) is 2.79. The number of nitrogens with two attached hydrogens (primary N) is 1. The highest BCUT2D eigenvalue weighted by molar-refractivity contribution is 7.91. The van der Waals surface area contributed by atoms with Gasteiger partial charge in [-0.15, -0.1) is 16.2 Å². The van der Waals surface area contributed by atoms with Gasteiger partial charge >= 0.3 is 0 Å². The fourth-order valence-corrected chi connectivity index (χ4v) is 3.93. The average molecular weight is 307 g/mol. The first-order chi connectivity index (χ1) is 8.49. The largest absolute Gasteiger partial charge is 0.389 e. The highest BCUT2D eigenvalue weighted by Crippen LogP contribution is 2.21. The molecular weight excluding hydrogens is 294 g/mol. The molecule has 1 saturated heterocycles. The molecule has 1 aliphatic rings. The SMILES string of the molecule is NC(=S)c1ccc(S(=O)(=O)NN2CCOCC2)s1. The molecule has 1 aromatic heterocycles. The van der Waals surface area contributed by atoms with Gasteiger partial charge in [0.25, 0.3) is 10.0 Å². The van der Waals surface area contributed by atoms with Gasteiger partial charge < -0.3 is 10.5 Å². The Balaban J connectivity index is 2.11. The molecule has 1 aliphatic heterocycles. The van der Waals surface area contributed by atoms with E-state index in [1.54, 1.807) is 11.1 Å². The summed E-state index contributed by atoms with van der Waals surface area (Å²) in [4.78, 5) is 3.31. The second kappa shape index (κ2) is 5.59. The van der Waals surface area contributed by atoms with E-state index >= 15 is 0 Å². The lowest BCUT2D eigenvalue weighted by Crippen LogP contribution is -2.48. The predicted molar refractivity (Wildman–Crippen MR) is 72.9 cm³/mol. The third-order valence-corrected chi connectivity index (χ3v) is 5.68. The Morgan fingerprint density at radius 3 is 2.67 bits per heavy atom. The van der Waals surface area contributed by atoms with Crippen molar-refractivity contribution >= 4 is 38.6 Å². The summed E-state index contributed by atoms with van der Waals surface area (Å²) in [6.07, 6.45) is 0. The number of ether oxygens (including phenoxy) is 1. The number of sulfonamides is 1. The van der Waals surface area contributed by atoms with Gasteiger partial charge in [-0.3, -0.25) is 0 Å². The molecule has 0 aliphatic carbocycles. The Labute approximate surface area is 115 Å². The molecule has 0 radical (unpaired) electrons. The maximum atomic E-state index is 12.1. The minimum absolute atomic E-state index is 0.202. The zero-order valence-electron chi connectivity index (χ0n) is 9.46. The summed E-state index contributed by atoms with van der Waals surface area (Å²) in [5.41, 5.74) is 5.45. The molecule has 1 aromatic rings. The Morgan fingerprint density at radius 1 is 1.44 bits per heavy atom. The number of hydrogen-bond acceptors (Lipinski definition) is 6. The van der Waals surface area contributed by atoms with Crippen LogP contribution in [0.4, 0.5) is 0 Å². The quantitative estimate of drug-likeness (QED) is 0.756. The van der Waals surface area contributed by atoms with Gasteiger partial charge in [0.05, 0.1) is 18.1 Å². The number of hydrogen-bond donors (Lipinski definition) is 2. The molecule has 1 fully saturated rings. The van der Waals surface area contributed by atoms with Crippen LogP contribution in [0.25, 0.3) is 0 Å². The molecule has 6 nitrogen and oxygen atoms in total. The van der Waals surface area contributed by atoms with E-state index in [1.807, 2.05) is 0 Å². The van der Waals surface area contributed by atoms with Gasteiger partial charge in [0.15, 0.2) is 0 Å². The van der Waals surface area contributed by atoms with Gasteiger partial charge in [-0.25, -0.2) is 13.4 Å². The van der Waals surface area contributed by atoms with Crippen molar-refractivity contribution in [1.82, 2.24) is 9.84 Å². The van der Waals surface area contributed by atoms with E-state index in [0.29, 0.717) is 31.2 Å². The number of nitrogens with zero attached hydrogens (tertiary/aromatic N) is 1. The normalized spacial score (nSPS) is 17.8. The van der Waals surface area contributed by atoms with Crippen LogP contribution in [0.3, 0.4) is 0 Å². The number of nitrogens with one attached hydrogen (secondary N) is 1. The van der Waals surface area contributed by atoms with Crippen LogP contribution in [-0.4, -0.2) is 44.7 Å². The molecule has 0 amide bonds. The maximum absolute atomic E-state index is 12.1. The molecule has 2 heterocycles. The first-order valence-electron chi connectivity index (χ1n) is 5.24. The summed E-state index contributed by atoms with van der Waals surface area (Å²) in [7, 11) is -3.55. The number of rotatable bonds is 4. The smallest absolute Gasteiger partial charge is 0.262 e. The van der Waals surface area contributed by atoms with E-state index in [4.69, 9.17) is 22.7 Å². The van der Waals surface area contributed by atoms with Gasteiger partial charge in [0.1, 0.15) is 9.20 Å². The Hall–Kier alpha value is -0.580. The first kappa shape index (κ1) is 13.8. The van der Waals surface area contributed by atoms with Gasteiger partial charge in [-0.1, -0.05) is 12.2 Å².